The predicted octanol–water partition coefficient (Wildman–Crippen LogP) is -0.583. The van der Waals surface area contributed by atoms with Gasteiger partial charge in [-0.3, -0.25) is 9.69 Å². The second kappa shape index (κ2) is 9.00. The molecule has 2 rings (SSSR count). The van der Waals surface area contributed by atoms with Gasteiger partial charge in [0.1, 0.15) is 0 Å². The van der Waals surface area contributed by atoms with Gasteiger partial charge in [0.25, 0.3) is 0 Å². The summed E-state index contributed by atoms with van der Waals surface area (Å²) in [5, 5.41) is 12.4. The number of carbonyl (C=O) groups is 2. The van der Waals surface area contributed by atoms with Crippen molar-refractivity contribution in [2.24, 2.45) is 16.5 Å². The third kappa shape index (κ3) is 5.18. The molecule has 9 heteroatoms. The van der Waals surface area contributed by atoms with E-state index >= 15 is 0 Å². The lowest BCUT2D eigenvalue weighted by Gasteiger charge is -2.44. The second-order valence-electron chi connectivity index (χ2n) is 6.75. The molecule has 0 saturated carbocycles. The molecule has 1 aliphatic carbocycles. The molecule has 1 fully saturated rings. The largest absolute Gasteiger partial charge is 0.478 e. The van der Waals surface area contributed by atoms with Crippen LogP contribution >= 0.6 is 0 Å². The third-order valence-corrected chi connectivity index (χ3v) is 4.78. The van der Waals surface area contributed by atoms with Crippen LogP contribution in [-0.2, 0) is 14.3 Å². The summed E-state index contributed by atoms with van der Waals surface area (Å²) in [5.74, 6) is -1.33. The second-order valence-corrected chi connectivity index (χ2v) is 6.75. The number of carboxylic acids is 1. The summed E-state index contributed by atoms with van der Waals surface area (Å²) in [6, 6.07) is -1.24. The number of nitrogens with zero attached hydrogens (tertiary/aromatic N) is 2. The average Bonchev–Trinajstić information content (AvgIpc) is 2.55. The van der Waals surface area contributed by atoms with Gasteiger partial charge in [0.2, 0.25) is 5.91 Å². The lowest BCUT2D eigenvalue weighted by molar-refractivity contribution is -0.133. The van der Waals surface area contributed by atoms with E-state index in [4.69, 9.17) is 16.2 Å². The van der Waals surface area contributed by atoms with Crippen molar-refractivity contribution in [2.45, 2.75) is 57.3 Å². The average molecular weight is 367 g/mol. The van der Waals surface area contributed by atoms with Gasteiger partial charge < -0.3 is 26.6 Å². The first-order chi connectivity index (χ1) is 12.3. The number of nitrogens with two attached hydrogens (primary N) is 2. The number of aliphatic imine (C=N–C) groups is 1. The Labute approximate surface area is 153 Å². The molecule has 26 heavy (non-hydrogen) atoms. The van der Waals surface area contributed by atoms with Crippen LogP contribution in [0.1, 0.15) is 33.1 Å². The van der Waals surface area contributed by atoms with Crippen molar-refractivity contribution in [3.63, 3.8) is 0 Å². The number of nitrogens with one attached hydrogen (secondary N) is 1. The number of hydrogen-bond donors (Lipinski definition) is 4. The summed E-state index contributed by atoms with van der Waals surface area (Å²) in [7, 11) is 0. The van der Waals surface area contributed by atoms with Gasteiger partial charge in [-0.1, -0.05) is 6.08 Å². The van der Waals surface area contributed by atoms with Crippen molar-refractivity contribution < 1.29 is 19.4 Å². The van der Waals surface area contributed by atoms with E-state index in [1.807, 2.05) is 6.92 Å². The Kier molecular flexibility index (Phi) is 6.98. The third-order valence-electron chi connectivity index (χ3n) is 4.78. The van der Waals surface area contributed by atoms with Crippen LogP contribution in [0.2, 0.25) is 0 Å². The molecule has 0 radical (unpaired) electrons. The predicted molar refractivity (Wildman–Crippen MR) is 97.5 cm³/mol. The molecular weight excluding hydrogens is 338 g/mol. The number of aliphatic carboxylic acids is 1. The molecule has 6 N–H and O–H groups in total. The molecule has 9 nitrogen and oxygen atoms in total. The lowest BCUT2D eigenvalue weighted by atomic mass is 9.85. The minimum Gasteiger partial charge on any atom is -0.478 e. The summed E-state index contributed by atoms with van der Waals surface area (Å²) in [6.45, 7) is 5.48. The molecule has 0 aromatic rings. The summed E-state index contributed by atoms with van der Waals surface area (Å²) in [5.41, 5.74) is 11.3. The highest BCUT2D eigenvalue weighted by Crippen LogP contribution is 2.28. The van der Waals surface area contributed by atoms with E-state index in [9.17, 15) is 14.7 Å². The van der Waals surface area contributed by atoms with Crippen molar-refractivity contribution in [3.8, 4) is 0 Å². The maximum Gasteiger partial charge on any atom is 0.331 e. The van der Waals surface area contributed by atoms with Crippen LogP contribution in [0.3, 0.4) is 0 Å². The zero-order chi connectivity index (χ0) is 19.3. The van der Waals surface area contributed by atoms with E-state index in [1.165, 1.54) is 6.92 Å². The highest BCUT2D eigenvalue weighted by molar-refractivity contribution is 5.87. The molecule has 2 aliphatic rings. The van der Waals surface area contributed by atoms with Crippen LogP contribution in [0.5, 0.6) is 0 Å². The number of ether oxygens (including phenoxy) is 1. The fraction of sp³-hybridized carbons (Fsp3) is 0.706. The van der Waals surface area contributed by atoms with E-state index in [0.717, 1.165) is 19.4 Å². The van der Waals surface area contributed by atoms with Crippen molar-refractivity contribution in [1.82, 2.24) is 10.2 Å². The molecule has 1 heterocycles. The Morgan fingerprint density at radius 3 is 2.77 bits per heavy atom. The number of guanidine groups is 1. The van der Waals surface area contributed by atoms with Crippen LogP contribution in [0.4, 0.5) is 0 Å². The van der Waals surface area contributed by atoms with Crippen molar-refractivity contribution in [3.05, 3.63) is 11.6 Å². The zero-order valence-corrected chi connectivity index (χ0v) is 15.4. The molecular formula is C17H29N5O4. The SMILES string of the molecule is CCO[C@H]1CCCN([C@@H]2C=C(C(=O)O)C[C@H](N=C(N)N)[C@H]2NC(C)=O)C1. The quantitative estimate of drug-likeness (QED) is 0.363. The minimum absolute atomic E-state index is 0.0943. The molecule has 1 saturated heterocycles. The number of piperidine rings is 1. The maximum atomic E-state index is 11.8. The van der Waals surface area contributed by atoms with Gasteiger partial charge in [-0.25, -0.2) is 9.79 Å². The van der Waals surface area contributed by atoms with Gasteiger partial charge in [-0.15, -0.1) is 0 Å². The Balaban J connectivity index is 2.35. The van der Waals surface area contributed by atoms with Crippen molar-refractivity contribution in [2.75, 3.05) is 19.7 Å². The van der Waals surface area contributed by atoms with Gasteiger partial charge in [-0.05, 0) is 26.3 Å². The summed E-state index contributed by atoms with van der Waals surface area (Å²) < 4.78 is 5.75. The van der Waals surface area contributed by atoms with Gasteiger partial charge in [0.15, 0.2) is 5.96 Å². The Bertz CT molecular complexity index is 586. The summed E-state index contributed by atoms with van der Waals surface area (Å²) in [6.07, 6.45) is 3.89. The first-order valence-electron chi connectivity index (χ1n) is 8.97. The van der Waals surface area contributed by atoms with Crippen LogP contribution in [0, 0.1) is 0 Å². The van der Waals surface area contributed by atoms with E-state index in [-0.39, 0.29) is 36.0 Å². The van der Waals surface area contributed by atoms with Crippen molar-refractivity contribution >= 4 is 17.8 Å². The van der Waals surface area contributed by atoms with Crippen LogP contribution in [-0.4, -0.2) is 71.8 Å². The Morgan fingerprint density at radius 2 is 2.19 bits per heavy atom. The number of likely N-dealkylation sites (tertiary alicyclic amines) is 1. The van der Waals surface area contributed by atoms with E-state index in [0.29, 0.717) is 13.2 Å². The molecule has 4 atom stereocenters. The number of carboxylic acid groups (broad SMARTS) is 1. The first-order valence-corrected chi connectivity index (χ1v) is 8.97. The Hall–Kier alpha value is -2.13. The fourth-order valence-corrected chi connectivity index (χ4v) is 3.79. The molecule has 0 bridgehead atoms. The molecule has 0 aromatic carbocycles. The molecule has 1 amide bonds. The Morgan fingerprint density at radius 1 is 1.46 bits per heavy atom. The number of carbonyl (C=O) groups excluding carboxylic acids is 1. The van der Waals surface area contributed by atoms with Gasteiger partial charge in [0.05, 0.1) is 24.2 Å². The maximum absolute atomic E-state index is 11.8. The summed E-state index contributed by atoms with van der Waals surface area (Å²) in [4.78, 5) is 29.7. The minimum atomic E-state index is -0.995. The molecule has 0 aromatic heterocycles. The normalized spacial score (nSPS) is 29.5. The molecule has 0 unspecified atom stereocenters. The van der Waals surface area contributed by atoms with Crippen LogP contribution < -0.4 is 16.8 Å². The van der Waals surface area contributed by atoms with Crippen LogP contribution in [0.25, 0.3) is 0 Å². The first kappa shape index (κ1) is 20.2. The smallest absolute Gasteiger partial charge is 0.331 e. The molecule has 1 aliphatic heterocycles. The molecule has 146 valence electrons. The van der Waals surface area contributed by atoms with Crippen molar-refractivity contribution in [1.29, 1.82) is 0 Å². The number of amides is 1. The monoisotopic (exact) mass is 367 g/mol. The highest BCUT2D eigenvalue weighted by Gasteiger charge is 2.40. The zero-order valence-electron chi connectivity index (χ0n) is 15.4. The van der Waals surface area contributed by atoms with E-state index in [2.05, 4.69) is 15.2 Å². The standard InChI is InChI=1S/C17H29N5O4/c1-3-26-12-5-4-6-22(9-12)14-8-11(16(24)25)7-13(21-17(18)19)15(14)20-10(2)23/h8,12-15H,3-7,9H2,1-2H3,(H,20,23)(H,24,25)(H4,18,19,21)/t12-,13-,14+,15+/m0/s1. The van der Waals surface area contributed by atoms with Crippen LogP contribution in [0.15, 0.2) is 16.6 Å². The molecule has 0 spiro atoms. The van der Waals surface area contributed by atoms with Gasteiger partial charge in [-0.2, -0.15) is 0 Å². The topological polar surface area (TPSA) is 143 Å². The lowest BCUT2D eigenvalue weighted by Crippen LogP contribution is -2.60. The van der Waals surface area contributed by atoms with Gasteiger partial charge in [0, 0.05) is 32.1 Å². The highest BCUT2D eigenvalue weighted by atomic mass is 16.5. The fourth-order valence-electron chi connectivity index (χ4n) is 3.79. The number of hydrogen-bond acceptors (Lipinski definition) is 5. The van der Waals surface area contributed by atoms with Gasteiger partial charge >= 0.3 is 5.97 Å². The summed E-state index contributed by atoms with van der Waals surface area (Å²) >= 11 is 0. The number of rotatable bonds is 6. The van der Waals surface area contributed by atoms with E-state index < -0.39 is 18.1 Å². The van der Waals surface area contributed by atoms with E-state index in [1.54, 1.807) is 6.08 Å².